The van der Waals surface area contributed by atoms with Crippen LogP contribution >= 0.6 is 0 Å². The van der Waals surface area contributed by atoms with Crippen LogP contribution in [0.25, 0.3) is 0 Å². The van der Waals surface area contributed by atoms with E-state index in [1.54, 1.807) is 7.11 Å². The summed E-state index contributed by atoms with van der Waals surface area (Å²) in [4.78, 5) is 11.5. The molecule has 118 valence electrons. The number of aliphatic hydroxyl groups excluding tert-OH is 1. The molecule has 5 nitrogen and oxygen atoms in total. The van der Waals surface area contributed by atoms with Crippen molar-refractivity contribution in [3.63, 3.8) is 0 Å². The van der Waals surface area contributed by atoms with Gasteiger partial charge in [-0.25, -0.2) is 0 Å². The maximum atomic E-state index is 11.5. The van der Waals surface area contributed by atoms with Gasteiger partial charge in [0, 0.05) is 12.6 Å². The molecular formula is C16H25NO4. The van der Waals surface area contributed by atoms with Gasteiger partial charge in [0.25, 0.3) is 0 Å². The number of aliphatic hydroxyl groups is 1. The Morgan fingerprint density at radius 1 is 1.33 bits per heavy atom. The van der Waals surface area contributed by atoms with Crippen molar-refractivity contribution in [3.05, 3.63) is 28.8 Å². The normalized spacial score (nSPS) is 12.0. The summed E-state index contributed by atoms with van der Waals surface area (Å²) in [6, 6.07) is 4.04. The average Bonchev–Trinajstić information content (AvgIpc) is 2.44. The fourth-order valence-corrected chi connectivity index (χ4v) is 2.52. The van der Waals surface area contributed by atoms with Crippen molar-refractivity contribution < 1.29 is 19.4 Å². The highest BCUT2D eigenvalue weighted by atomic mass is 16.5. The number of methoxy groups -OCH3 is 2. The molecule has 1 aromatic rings. The molecule has 21 heavy (non-hydrogen) atoms. The van der Waals surface area contributed by atoms with Crippen LogP contribution < -0.4 is 10.1 Å². The predicted octanol–water partition coefficient (Wildman–Crippen LogP) is 1.37. The van der Waals surface area contributed by atoms with Crippen molar-refractivity contribution in [2.24, 2.45) is 0 Å². The zero-order chi connectivity index (χ0) is 15.8. The zero-order valence-electron chi connectivity index (χ0n) is 13.2. The number of nitrogens with one attached hydrogen (secondary N) is 1. The molecule has 1 rings (SSSR count). The van der Waals surface area contributed by atoms with Gasteiger partial charge in [0.15, 0.2) is 0 Å². The van der Waals surface area contributed by atoms with Gasteiger partial charge in [-0.1, -0.05) is 17.7 Å². The molecule has 0 aliphatic carbocycles. The molecule has 0 aromatic heterocycles. The second kappa shape index (κ2) is 8.64. The summed E-state index contributed by atoms with van der Waals surface area (Å²) < 4.78 is 10.2. The number of esters is 1. The second-order valence-corrected chi connectivity index (χ2v) is 5.13. The van der Waals surface area contributed by atoms with E-state index in [4.69, 9.17) is 14.6 Å². The third-order valence-electron chi connectivity index (χ3n) is 3.35. The summed E-state index contributed by atoms with van der Waals surface area (Å²) in [5.41, 5.74) is 3.28. The van der Waals surface area contributed by atoms with E-state index in [0.717, 1.165) is 22.4 Å². The van der Waals surface area contributed by atoms with Gasteiger partial charge in [-0.3, -0.25) is 4.79 Å². The molecule has 0 saturated heterocycles. The van der Waals surface area contributed by atoms with E-state index in [1.807, 2.05) is 13.8 Å². The molecular weight excluding hydrogens is 270 g/mol. The van der Waals surface area contributed by atoms with E-state index in [-0.39, 0.29) is 25.0 Å². The Kier molecular flexibility index (Phi) is 7.19. The van der Waals surface area contributed by atoms with Gasteiger partial charge in [-0.2, -0.15) is 0 Å². The Bertz CT molecular complexity index is 474. The second-order valence-electron chi connectivity index (χ2n) is 5.13. The van der Waals surface area contributed by atoms with E-state index in [0.29, 0.717) is 13.0 Å². The minimum atomic E-state index is -0.270. The largest absolute Gasteiger partial charge is 0.496 e. The molecule has 5 heteroatoms. The maximum Gasteiger partial charge on any atom is 0.307 e. The van der Waals surface area contributed by atoms with Crippen LogP contribution in [0, 0.1) is 13.8 Å². The van der Waals surface area contributed by atoms with Gasteiger partial charge in [0.1, 0.15) is 5.75 Å². The lowest BCUT2D eigenvalue weighted by atomic mass is 9.98. The van der Waals surface area contributed by atoms with Crippen LogP contribution in [0.5, 0.6) is 5.75 Å². The van der Waals surface area contributed by atoms with Crippen molar-refractivity contribution in [2.75, 3.05) is 27.4 Å². The number of hydrogen-bond acceptors (Lipinski definition) is 5. The van der Waals surface area contributed by atoms with Crippen molar-refractivity contribution in [3.8, 4) is 5.75 Å². The molecule has 0 heterocycles. The van der Waals surface area contributed by atoms with Crippen LogP contribution in [0.15, 0.2) is 12.1 Å². The van der Waals surface area contributed by atoms with Gasteiger partial charge in [-0.15, -0.1) is 0 Å². The highest BCUT2D eigenvalue weighted by molar-refractivity contribution is 5.70. The van der Waals surface area contributed by atoms with E-state index >= 15 is 0 Å². The van der Waals surface area contributed by atoms with Gasteiger partial charge in [-0.05, 0) is 31.4 Å². The summed E-state index contributed by atoms with van der Waals surface area (Å²) in [5, 5.41) is 12.1. The van der Waals surface area contributed by atoms with Gasteiger partial charge in [0.05, 0.1) is 27.2 Å². The first-order valence-electron chi connectivity index (χ1n) is 7.07. The number of carbonyl (C=O) groups excluding carboxylic acids is 1. The highest BCUT2D eigenvalue weighted by Gasteiger charge is 2.17. The average molecular weight is 295 g/mol. The third kappa shape index (κ3) is 5.36. The number of carbonyl (C=O) groups is 1. The first kappa shape index (κ1) is 17.5. The van der Waals surface area contributed by atoms with Crippen molar-refractivity contribution in [1.82, 2.24) is 5.32 Å². The Hall–Kier alpha value is -1.59. The van der Waals surface area contributed by atoms with Crippen LogP contribution in [-0.2, 0) is 16.0 Å². The van der Waals surface area contributed by atoms with Gasteiger partial charge in [0.2, 0.25) is 0 Å². The Morgan fingerprint density at radius 3 is 2.62 bits per heavy atom. The van der Waals surface area contributed by atoms with Gasteiger partial charge < -0.3 is 19.9 Å². The SMILES string of the molecule is COC(=O)CC(Cc1cc(C)cc(C)c1OC)NCCO. The Morgan fingerprint density at radius 2 is 2.05 bits per heavy atom. The van der Waals surface area contributed by atoms with Crippen molar-refractivity contribution >= 4 is 5.97 Å². The van der Waals surface area contributed by atoms with E-state index in [2.05, 4.69) is 17.4 Å². The molecule has 0 bridgehead atoms. The lowest BCUT2D eigenvalue weighted by Gasteiger charge is -2.20. The summed E-state index contributed by atoms with van der Waals surface area (Å²) in [6.07, 6.45) is 0.896. The first-order chi connectivity index (χ1) is 10.0. The molecule has 0 amide bonds. The van der Waals surface area contributed by atoms with E-state index in [1.165, 1.54) is 7.11 Å². The van der Waals surface area contributed by atoms with Crippen LogP contribution in [0.2, 0.25) is 0 Å². The summed E-state index contributed by atoms with van der Waals surface area (Å²) in [6.45, 7) is 4.51. The quantitative estimate of drug-likeness (QED) is 0.709. The zero-order valence-corrected chi connectivity index (χ0v) is 13.2. The third-order valence-corrected chi connectivity index (χ3v) is 3.35. The maximum absolute atomic E-state index is 11.5. The molecule has 1 aromatic carbocycles. The fourth-order valence-electron chi connectivity index (χ4n) is 2.52. The number of hydrogen-bond donors (Lipinski definition) is 2. The van der Waals surface area contributed by atoms with Crippen LogP contribution in [0.3, 0.4) is 0 Å². The lowest BCUT2D eigenvalue weighted by molar-refractivity contribution is -0.141. The van der Waals surface area contributed by atoms with Crippen LogP contribution in [-0.4, -0.2) is 44.5 Å². The van der Waals surface area contributed by atoms with Crippen molar-refractivity contribution in [2.45, 2.75) is 32.7 Å². The highest BCUT2D eigenvalue weighted by Crippen LogP contribution is 2.26. The Labute approximate surface area is 126 Å². The predicted molar refractivity (Wildman–Crippen MR) is 81.7 cm³/mol. The number of ether oxygens (including phenoxy) is 2. The topological polar surface area (TPSA) is 67.8 Å². The summed E-state index contributed by atoms with van der Waals surface area (Å²) in [7, 11) is 3.03. The molecule has 0 fully saturated rings. The van der Waals surface area contributed by atoms with Gasteiger partial charge >= 0.3 is 5.97 Å². The smallest absolute Gasteiger partial charge is 0.307 e. The molecule has 1 unspecified atom stereocenters. The summed E-state index contributed by atoms with van der Waals surface area (Å²) in [5.74, 6) is 0.579. The molecule has 0 radical (unpaired) electrons. The standard InChI is InChI=1S/C16H25NO4/c1-11-7-12(2)16(21-4)13(8-11)9-14(17-5-6-18)10-15(19)20-3/h7-8,14,17-18H,5-6,9-10H2,1-4H3. The molecule has 0 spiro atoms. The number of rotatable bonds is 8. The summed E-state index contributed by atoms with van der Waals surface area (Å²) >= 11 is 0. The molecule has 0 saturated carbocycles. The molecule has 0 aliphatic rings. The van der Waals surface area contributed by atoms with Crippen molar-refractivity contribution in [1.29, 1.82) is 0 Å². The molecule has 2 N–H and O–H groups in total. The minimum absolute atomic E-state index is 0.0294. The first-order valence-corrected chi connectivity index (χ1v) is 7.07. The van der Waals surface area contributed by atoms with E-state index < -0.39 is 0 Å². The molecule has 1 atom stereocenters. The lowest BCUT2D eigenvalue weighted by Crippen LogP contribution is -2.35. The monoisotopic (exact) mass is 295 g/mol. The van der Waals surface area contributed by atoms with E-state index in [9.17, 15) is 4.79 Å². The minimum Gasteiger partial charge on any atom is -0.496 e. The van der Waals surface area contributed by atoms with Crippen LogP contribution in [0.4, 0.5) is 0 Å². The fraction of sp³-hybridized carbons (Fsp3) is 0.562. The number of benzene rings is 1. The number of aryl methyl sites for hydroxylation is 2. The Balaban J connectivity index is 2.93. The molecule has 0 aliphatic heterocycles. The van der Waals surface area contributed by atoms with Crippen LogP contribution in [0.1, 0.15) is 23.1 Å².